The highest BCUT2D eigenvalue weighted by Crippen LogP contribution is 2.31. The molecule has 116 valence electrons. The van der Waals surface area contributed by atoms with Gasteiger partial charge in [-0.15, -0.1) is 0 Å². The van der Waals surface area contributed by atoms with Gasteiger partial charge in [0, 0.05) is 5.69 Å². The molecule has 0 amide bonds. The van der Waals surface area contributed by atoms with Gasteiger partial charge in [0.1, 0.15) is 5.54 Å². The third-order valence-electron chi connectivity index (χ3n) is 4.31. The maximum absolute atomic E-state index is 12.6. The third kappa shape index (κ3) is 4.23. The van der Waals surface area contributed by atoms with Crippen molar-refractivity contribution in [3.63, 3.8) is 0 Å². The van der Waals surface area contributed by atoms with Gasteiger partial charge in [-0.1, -0.05) is 49.8 Å². The van der Waals surface area contributed by atoms with Gasteiger partial charge in [0.05, 0.1) is 6.61 Å². The summed E-state index contributed by atoms with van der Waals surface area (Å²) < 4.78 is 5.38. The Morgan fingerprint density at radius 2 is 1.67 bits per heavy atom. The molecule has 2 rings (SSSR count). The molecule has 0 aromatic heterocycles. The summed E-state index contributed by atoms with van der Waals surface area (Å²) >= 11 is 0. The number of carbonyl (C=O) groups is 1. The van der Waals surface area contributed by atoms with Gasteiger partial charge in [0.15, 0.2) is 0 Å². The Kier molecular flexibility index (Phi) is 5.66. The second-order valence-corrected chi connectivity index (χ2v) is 6.06. The van der Waals surface area contributed by atoms with Crippen molar-refractivity contribution in [2.45, 2.75) is 64.3 Å². The van der Waals surface area contributed by atoms with Gasteiger partial charge in [-0.3, -0.25) is 0 Å². The molecule has 1 fully saturated rings. The number of hydrogen-bond donors (Lipinski definition) is 1. The topological polar surface area (TPSA) is 38.3 Å². The van der Waals surface area contributed by atoms with E-state index in [0.717, 1.165) is 31.4 Å². The van der Waals surface area contributed by atoms with E-state index in [4.69, 9.17) is 4.74 Å². The Morgan fingerprint density at radius 1 is 1.10 bits per heavy atom. The number of rotatable bonds is 4. The first kappa shape index (κ1) is 15.9. The minimum atomic E-state index is -0.550. The van der Waals surface area contributed by atoms with Crippen LogP contribution >= 0.6 is 0 Å². The van der Waals surface area contributed by atoms with E-state index in [-0.39, 0.29) is 5.97 Å². The molecule has 21 heavy (non-hydrogen) atoms. The molecule has 0 radical (unpaired) electrons. The number of benzene rings is 1. The predicted molar refractivity (Wildman–Crippen MR) is 86.5 cm³/mol. The second-order valence-electron chi connectivity index (χ2n) is 6.06. The van der Waals surface area contributed by atoms with E-state index in [9.17, 15) is 4.79 Å². The lowest BCUT2D eigenvalue weighted by Gasteiger charge is -2.35. The lowest BCUT2D eigenvalue weighted by Crippen LogP contribution is -2.48. The third-order valence-corrected chi connectivity index (χ3v) is 4.31. The van der Waals surface area contributed by atoms with Crippen molar-refractivity contribution < 1.29 is 9.53 Å². The summed E-state index contributed by atoms with van der Waals surface area (Å²) in [5.41, 5.74) is 1.68. The van der Waals surface area contributed by atoms with Crippen LogP contribution in [0.3, 0.4) is 0 Å². The highest BCUT2D eigenvalue weighted by Gasteiger charge is 2.39. The number of aryl methyl sites for hydroxylation is 1. The first-order chi connectivity index (χ1) is 10.2. The molecule has 3 heteroatoms. The Hall–Kier alpha value is -1.51. The van der Waals surface area contributed by atoms with Crippen LogP contribution < -0.4 is 5.32 Å². The quantitative estimate of drug-likeness (QED) is 0.832. The molecule has 1 aromatic carbocycles. The van der Waals surface area contributed by atoms with Crippen LogP contribution in [0.4, 0.5) is 5.69 Å². The van der Waals surface area contributed by atoms with Crippen LogP contribution in [0.1, 0.15) is 57.4 Å². The Balaban J connectivity index is 2.20. The van der Waals surface area contributed by atoms with E-state index >= 15 is 0 Å². The van der Waals surface area contributed by atoms with E-state index in [1.54, 1.807) is 0 Å². The zero-order valence-electron chi connectivity index (χ0n) is 13.3. The molecule has 0 aliphatic heterocycles. The van der Waals surface area contributed by atoms with Crippen molar-refractivity contribution in [2.75, 3.05) is 11.9 Å². The van der Waals surface area contributed by atoms with Crippen LogP contribution in [0.5, 0.6) is 0 Å². The van der Waals surface area contributed by atoms with Gasteiger partial charge >= 0.3 is 5.97 Å². The number of carbonyl (C=O) groups excluding carboxylic acids is 1. The maximum Gasteiger partial charge on any atom is 0.331 e. The first-order valence-corrected chi connectivity index (χ1v) is 8.18. The van der Waals surface area contributed by atoms with E-state index in [1.165, 1.54) is 24.8 Å². The lowest BCUT2D eigenvalue weighted by molar-refractivity contribution is -0.149. The van der Waals surface area contributed by atoms with Crippen molar-refractivity contribution in [1.29, 1.82) is 0 Å². The van der Waals surface area contributed by atoms with Crippen LogP contribution in [0.15, 0.2) is 24.3 Å². The zero-order valence-corrected chi connectivity index (χ0v) is 13.3. The largest absolute Gasteiger partial charge is 0.464 e. The van der Waals surface area contributed by atoms with Crippen molar-refractivity contribution in [3.05, 3.63) is 29.8 Å². The maximum atomic E-state index is 12.6. The van der Waals surface area contributed by atoms with Gasteiger partial charge < -0.3 is 10.1 Å². The summed E-state index contributed by atoms with van der Waals surface area (Å²) in [6, 6.07) is 8.25. The molecule has 3 nitrogen and oxygen atoms in total. The summed E-state index contributed by atoms with van der Waals surface area (Å²) in [4.78, 5) is 12.6. The number of nitrogens with one attached hydrogen (secondary N) is 1. The fourth-order valence-corrected chi connectivity index (χ4v) is 3.07. The summed E-state index contributed by atoms with van der Waals surface area (Å²) in [6.07, 6.45) is 7.58. The molecular formula is C18H27NO2. The number of hydrogen-bond acceptors (Lipinski definition) is 3. The standard InChI is InChI=1S/C18H27NO2/c1-3-21-17(20)18(13-7-5-4-6-8-14-18)19-16-11-9-15(2)10-12-16/h9-12,19H,3-8,13-14H2,1-2H3. The fraction of sp³-hybridized carbons (Fsp3) is 0.611. The minimum Gasteiger partial charge on any atom is -0.464 e. The molecule has 1 aliphatic rings. The molecule has 0 atom stereocenters. The molecule has 1 saturated carbocycles. The van der Waals surface area contributed by atoms with Crippen molar-refractivity contribution in [2.24, 2.45) is 0 Å². The van der Waals surface area contributed by atoms with E-state index in [1.807, 2.05) is 6.92 Å². The average molecular weight is 289 g/mol. The molecule has 1 N–H and O–H groups in total. The average Bonchev–Trinajstić information content (AvgIpc) is 2.44. The van der Waals surface area contributed by atoms with Crippen LogP contribution in [0.2, 0.25) is 0 Å². The van der Waals surface area contributed by atoms with Gasteiger partial charge in [-0.2, -0.15) is 0 Å². The summed E-state index contributed by atoms with van der Waals surface area (Å²) in [5.74, 6) is -0.0903. The van der Waals surface area contributed by atoms with Crippen LogP contribution in [-0.2, 0) is 9.53 Å². The molecule has 0 saturated heterocycles. The lowest BCUT2D eigenvalue weighted by atomic mass is 9.83. The van der Waals surface area contributed by atoms with Gasteiger partial charge in [0.25, 0.3) is 0 Å². The summed E-state index contributed by atoms with van der Waals surface area (Å²) in [6.45, 7) is 4.39. The fourth-order valence-electron chi connectivity index (χ4n) is 3.07. The van der Waals surface area contributed by atoms with E-state index in [0.29, 0.717) is 6.61 Å². The van der Waals surface area contributed by atoms with Crippen molar-refractivity contribution in [3.8, 4) is 0 Å². The SMILES string of the molecule is CCOC(=O)C1(Nc2ccc(C)cc2)CCCCCCC1. The Labute approximate surface area is 128 Å². The highest BCUT2D eigenvalue weighted by atomic mass is 16.5. The monoisotopic (exact) mass is 289 g/mol. The van der Waals surface area contributed by atoms with Crippen LogP contribution in [-0.4, -0.2) is 18.1 Å². The van der Waals surface area contributed by atoms with E-state index in [2.05, 4.69) is 36.5 Å². The molecule has 0 unspecified atom stereocenters. The van der Waals surface area contributed by atoms with Crippen molar-refractivity contribution >= 4 is 11.7 Å². The molecule has 1 aliphatic carbocycles. The first-order valence-electron chi connectivity index (χ1n) is 8.18. The van der Waals surface area contributed by atoms with Gasteiger partial charge in [-0.05, 0) is 38.8 Å². The molecule has 0 bridgehead atoms. The Bertz CT molecular complexity index is 445. The minimum absolute atomic E-state index is 0.0903. The number of esters is 1. The van der Waals surface area contributed by atoms with Gasteiger partial charge in [-0.25, -0.2) is 4.79 Å². The van der Waals surface area contributed by atoms with Crippen LogP contribution in [0, 0.1) is 6.92 Å². The molecular weight excluding hydrogens is 262 g/mol. The molecule has 0 spiro atoms. The molecule has 0 heterocycles. The normalized spacial score (nSPS) is 18.4. The highest BCUT2D eigenvalue weighted by molar-refractivity contribution is 5.84. The smallest absolute Gasteiger partial charge is 0.331 e. The summed E-state index contributed by atoms with van der Waals surface area (Å²) in [7, 11) is 0. The summed E-state index contributed by atoms with van der Waals surface area (Å²) in [5, 5.41) is 3.50. The van der Waals surface area contributed by atoms with Crippen LogP contribution in [0.25, 0.3) is 0 Å². The molecule has 1 aromatic rings. The second kappa shape index (κ2) is 7.48. The number of anilines is 1. The Morgan fingerprint density at radius 3 is 2.24 bits per heavy atom. The van der Waals surface area contributed by atoms with Crippen molar-refractivity contribution in [1.82, 2.24) is 0 Å². The van der Waals surface area contributed by atoms with E-state index < -0.39 is 5.54 Å². The predicted octanol–water partition coefficient (Wildman–Crippen LogP) is 4.45. The zero-order chi connectivity index (χ0) is 15.1. The van der Waals surface area contributed by atoms with Gasteiger partial charge in [0.2, 0.25) is 0 Å². The number of ether oxygens (including phenoxy) is 1.